The van der Waals surface area contributed by atoms with E-state index in [1.54, 1.807) is 24.7 Å². The second-order valence-electron chi connectivity index (χ2n) is 5.79. The van der Waals surface area contributed by atoms with Crippen LogP contribution in [0.4, 0.5) is 4.39 Å². The zero-order chi connectivity index (χ0) is 21.6. The van der Waals surface area contributed by atoms with E-state index >= 15 is 0 Å². The molecule has 2 aromatic carbocycles. The van der Waals surface area contributed by atoms with Crippen molar-refractivity contribution in [2.24, 2.45) is 7.05 Å². The van der Waals surface area contributed by atoms with E-state index in [2.05, 4.69) is 15.2 Å². The highest BCUT2D eigenvalue weighted by molar-refractivity contribution is 5.98. The number of aromatic nitrogens is 4. The first-order chi connectivity index (χ1) is 14.3. The van der Waals surface area contributed by atoms with Gasteiger partial charge in [-0.1, -0.05) is 18.2 Å². The van der Waals surface area contributed by atoms with Crippen LogP contribution >= 0.6 is 0 Å². The molecule has 4 aromatic rings. The van der Waals surface area contributed by atoms with E-state index in [0.29, 0.717) is 5.52 Å². The van der Waals surface area contributed by atoms with Crippen molar-refractivity contribution >= 4 is 16.7 Å². The highest BCUT2D eigenvalue weighted by Gasteiger charge is 2.13. The lowest BCUT2D eigenvalue weighted by Gasteiger charge is -2.06. The van der Waals surface area contributed by atoms with Crippen LogP contribution in [0.25, 0.3) is 22.2 Å². The lowest BCUT2D eigenvalue weighted by Crippen LogP contribution is -2.08. The van der Waals surface area contributed by atoms with Gasteiger partial charge in [0.05, 0.1) is 46.9 Å². The van der Waals surface area contributed by atoms with Crippen LogP contribution in [0.3, 0.4) is 0 Å². The number of aryl methyl sites for hydroxylation is 1. The number of carbonyl (C=O) groups excluding carboxylic acids is 1. The molecule has 0 aliphatic heterocycles. The van der Waals surface area contributed by atoms with Crippen LogP contribution < -0.4 is 0 Å². The average Bonchev–Trinajstić information content (AvgIpc) is 3.16. The van der Waals surface area contributed by atoms with Gasteiger partial charge in [-0.05, 0) is 30.3 Å². The van der Waals surface area contributed by atoms with E-state index in [0.717, 1.165) is 16.6 Å². The molecule has 0 atom stereocenters. The van der Waals surface area contributed by atoms with Crippen LogP contribution in [0.15, 0.2) is 61.0 Å². The lowest BCUT2D eigenvalue weighted by atomic mass is 10.0. The van der Waals surface area contributed by atoms with E-state index < -0.39 is 41.3 Å². The van der Waals surface area contributed by atoms with Crippen LogP contribution in [-0.2, 0) is 13.5 Å². The first kappa shape index (κ1) is 12.0. The third-order valence-electron chi connectivity index (χ3n) is 4.01. The molecule has 0 saturated heterocycles. The van der Waals surface area contributed by atoms with Crippen LogP contribution in [0.5, 0.6) is 0 Å². The van der Waals surface area contributed by atoms with Gasteiger partial charge in [-0.15, -0.1) is 0 Å². The second-order valence-corrected chi connectivity index (χ2v) is 5.79. The normalized spacial score (nSPS) is 13.2. The molecular formula is C20H15FN4O. The molecule has 128 valence electrons. The number of Topliss-reactive ketones (excluding diaryl/α,β-unsaturated/α-hetero) is 1. The zero-order valence-corrected chi connectivity index (χ0v) is 13.7. The number of hydrogen-bond acceptors (Lipinski definition) is 4. The largest absolute Gasteiger partial charge is 0.334 e. The Bertz CT molecular complexity index is 1290. The third-order valence-corrected chi connectivity index (χ3v) is 4.01. The Hall–Kier alpha value is -3.41. The van der Waals surface area contributed by atoms with Crippen LogP contribution in [0.2, 0.25) is 0 Å². The summed E-state index contributed by atoms with van der Waals surface area (Å²) in [6.45, 7) is 0. The quantitative estimate of drug-likeness (QED) is 0.528. The summed E-state index contributed by atoms with van der Waals surface area (Å²) in [5.74, 6) is -2.06. The molecule has 0 N–H and O–H groups in total. The molecule has 4 rings (SSSR count). The Kier molecular flexibility index (Phi) is 3.00. The minimum Gasteiger partial charge on any atom is -0.334 e. The third kappa shape index (κ3) is 2.97. The number of imidazole rings is 1. The molecule has 0 amide bonds. The average molecular weight is 350 g/mol. The Morgan fingerprint density at radius 3 is 2.88 bits per heavy atom. The van der Waals surface area contributed by atoms with Gasteiger partial charge in [0.1, 0.15) is 5.82 Å². The van der Waals surface area contributed by atoms with E-state index in [1.165, 1.54) is 0 Å². The Morgan fingerprint density at radius 2 is 2.08 bits per heavy atom. The molecule has 0 aliphatic rings. The monoisotopic (exact) mass is 350 g/mol. The molecule has 0 aliphatic carbocycles. The summed E-state index contributed by atoms with van der Waals surface area (Å²) in [5, 5.41) is 8.82. The van der Waals surface area contributed by atoms with E-state index in [4.69, 9.17) is 5.48 Å². The van der Waals surface area contributed by atoms with E-state index in [-0.39, 0.29) is 12.1 Å². The Morgan fingerprint density at radius 1 is 1.23 bits per heavy atom. The van der Waals surface area contributed by atoms with E-state index in [1.807, 2.05) is 23.7 Å². The number of benzene rings is 2. The van der Waals surface area contributed by atoms with Gasteiger partial charge in [-0.25, -0.2) is 9.37 Å². The molecule has 26 heavy (non-hydrogen) atoms. The number of hydrogen-bond donors (Lipinski definition) is 0. The van der Waals surface area contributed by atoms with Crippen molar-refractivity contribution < 1.29 is 14.7 Å². The molecule has 0 fully saturated rings. The molecule has 0 unspecified atom stereocenters. The standard InChI is InChI=1S/C20H15FN4O/c1-25-12-22-11-19(25)13-6-7-18-14(8-13)9-15(23-24-18)10-20(26)16-4-2-3-5-17(16)21/h2-9,11-12H,10H2,1H3/i2D,3D,4D,5D. The van der Waals surface area contributed by atoms with Crippen molar-refractivity contribution in [1.82, 2.24) is 19.7 Å². The number of carbonyl (C=O) groups is 1. The minimum atomic E-state index is -1.27. The van der Waals surface area contributed by atoms with Crippen LogP contribution in [-0.4, -0.2) is 25.5 Å². The van der Waals surface area contributed by atoms with Gasteiger partial charge in [0.2, 0.25) is 0 Å². The maximum atomic E-state index is 14.4. The lowest BCUT2D eigenvalue weighted by molar-refractivity contribution is 0.0988. The van der Waals surface area contributed by atoms with Gasteiger partial charge in [-0.3, -0.25) is 4.79 Å². The molecule has 0 bridgehead atoms. The van der Waals surface area contributed by atoms with Crippen molar-refractivity contribution in [3.63, 3.8) is 0 Å². The minimum absolute atomic E-state index is 0.265. The SMILES string of the molecule is [2H]c1c([2H])c([2H])c(C(=O)Cc2cc3cc(-c4cncn4C)ccc3nn2)c(F)c1[2H]. The van der Waals surface area contributed by atoms with Gasteiger partial charge in [-0.2, -0.15) is 10.2 Å². The van der Waals surface area contributed by atoms with Gasteiger partial charge < -0.3 is 4.57 Å². The summed E-state index contributed by atoms with van der Waals surface area (Å²) in [6.07, 6.45) is 3.06. The van der Waals surface area contributed by atoms with Crippen molar-refractivity contribution in [3.8, 4) is 11.3 Å². The van der Waals surface area contributed by atoms with Crippen molar-refractivity contribution in [2.45, 2.75) is 6.42 Å². The zero-order valence-electron chi connectivity index (χ0n) is 17.7. The maximum Gasteiger partial charge on any atom is 0.171 e. The predicted octanol–water partition coefficient (Wildman–Crippen LogP) is 3.59. The van der Waals surface area contributed by atoms with Gasteiger partial charge in [0.25, 0.3) is 0 Å². The summed E-state index contributed by atoms with van der Waals surface area (Å²) >= 11 is 0. The van der Waals surface area contributed by atoms with Gasteiger partial charge in [0.15, 0.2) is 5.78 Å². The number of ketones is 1. The van der Waals surface area contributed by atoms with Crippen molar-refractivity contribution in [2.75, 3.05) is 0 Å². The van der Waals surface area contributed by atoms with Gasteiger partial charge in [0, 0.05) is 18.0 Å². The molecule has 6 heteroatoms. The number of nitrogens with zero attached hydrogens (tertiary/aromatic N) is 4. The number of rotatable bonds is 4. The second kappa shape index (κ2) is 6.48. The molecular weight excluding hydrogens is 331 g/mol. The topological polar surface area (TPSA) is 60.7 Å². The summed E-state index contributed by atoms with van der Waals surface area (Å²) < 4.78 is 46.8. The predicted molar refractivity (Wildman–Crippen MR) is 96.2 cm³/mol. The fraction of sp³-hybridized carbons (Fsp3) is 0.100. The van der Waals surface area contributed by atoms with Crippen molar-refractivity contribution in [3.05, 3.63) is 78.0 Å². The van der Waals surface area contributed by atoms with Crippen LogP contribution in [0, 0.1) is 5.82 Å². The highest BCUT2D eigenvalue weighted by atomic mass is 19.1. The Balaban J connectivity index is 1.71. The molecule has 5 nitrogen and oxygen atoms in total. The number of fused-ring (bicyclic) bond motifs is 1. The molecule has 0 saturated carbocycles. The van der Waals surface area contributed by atoms with E-state index in [9.17, 15) is 9.18 Å². The summed E-state index contributed by atoms with van der Waals surface area (Å²) in [5.41, 5.74) is 2.00. The van der Waals surface area contributed by atoms with Crippen LogP contribution in [0.1, 0.15) is 21.5 Å². The Labute approximate surface area is 154 Å². The highest BCUT2D eigenvalue weighted by Crippen LogP contribution is 2.23. The smallest absolute Gasteiger partial charge is 0.171 e. The molecule has 2 heterocycles. The number of halogens is 1. The summed E-state index contributed by atoms with van der Waals surface area (Å²) in [4.78, 5) is 16.7. The molecule has 0 radical (unpaired) electrons. The maximum absolute atomic E-state index is 14.4. The first-order valence-corrected chi connectivity index (χ1v) is 7.80. The van der Waals surface area contributed by atoms with Gasteiger partial charge >= 0.3 is 0 Å². The summed E-state index contributed by atoms with van der Waals surface area (Å²) in [7, 11) is 1.87. The molecule has 0 spiro atoms. The first-order valence-electron chi connectivity index (χ1n) is 9.80. The summed E-state index contributed by atoms with van der Waals surface area (Å²) in [6, 6.07) is 4.26. The fourth-order valence-electron chi connectivity index (χ4n) is 2.71. The molecule has 2 aromatic heterocycles. The van der Waals surface area contributed by atoms with Crippen molar-refractivity contribution in [1.29, 1.82) is 0 Å². The fourth-order valence-corrected chi connectivity index (χ4v) is 2.71.